The fourth-order valence-corrected chi connectivity index (χ4v) is 5.40. The molecule has 0 aromatic carbocycles. The summed E-state index contributed by atoms with van der Waals surface area (Å²) in [5, 5.41) is 18.3. The van der Waals surface area contributed by atoms with Crippen molar-refractivity contribution < 1.29 is 4.79 Å². The molecule has 6 rings (SSSR count). The van der Waals surface area contributed by atoms with Crippen molar-refractivity contribution in [3.63, 3.8) is 0 Å². The molecule has 3 aromatic rings. The van der Waals surface area contributed by atoms with Crippen LogP contribution in [0.1, 0.15) is 32.1 Å². The molecule has 0 spiro atoms. The molecule has 1 aliphatic heterocycles. The summed E-state index contributed by atoms with van der Waals surface area (Å²) >= 11 is 0. The minimum absolute atomic E-state index is 0.0734. The van der Waals surface area contributed by atoms with Gasteiger partial charge in [0.05, 0.1) is 29.9 Å². The zero-order chi connectivity index (χ0) is 23.1. The highest BCUT2D eigenvalue weighted by Crippen LogP contribution is 2.45. The summed E-state index contributed by atoms with van der Waals surface area (Å²) in [6.45, 7) is 4.08. The number of carbonyl (C=O) groups excluding carboxylic acids is 1. The van der Waals surface area contributed by atoms with Gasteiger partial charge in [0.15, 0.2) is 0 Å². The number of nitrogens with one attached hydrogen (secondary N) is 2. The van der Waals surface area contributed by atoms with Crippen LogP contribution in [0.4, 0.5) is 4.79 Å². The Labute approximate surface area is 198 Å². The molecule has 10 nitrogen and oxygen atoms in total. The summed E-state index contributed by atoms with van der Waals surface area (Å²) in [5.74, 6) is 0.694. The Morgan fingerprint density at radius 1 is 1.24 bits per heavy atom. The van der Waals surface area contributed by atoms with Crippen molar-refractivity contribution >= 4 is 17.1 Å². The number of H-pyrrole nitrogens is 1. The first kappa shape index (κ1) is 21.1. The first-order chi connectivity index (χ1) is 16.6. The molecule has 2 aliphatic carbocycles. The highest BCUT2D eigenvalue weighted by atomic mass is 16.2. The number of nitriles is 1. The van der Waals surface area contributed by atoms with Gasteiger partial charge in [-0.25, -0.2) is 14.8 Å². The van der Waals surface area contributed by atoms with Crippen LogP contribution in [0, 0.1) is 17.2 Å². The van der Waals surface area contributed by atoms with Crippen LogP contribution in [-0.2, 0) is 5.54 Å². The largest absolute Gasteiger partial charge is 0.346 e. The zero-order valence-electron chi connectivity index (χ0n) is 19.2. The van der Waals surface area contributed by atoms with Crippen molar-refractivity contribution in [2.45, 2.75) is 43.7 Å². The molecule has 10 heteroatoms. The number of urea groups is 1. The van der Waals surface area contributed by atoms with Crippen LogP contribution >= 0.6 is 0 Å². The van der Waals surface area contributed by atoms with Gasteiger partial charge in [-0.3, -0.25) is 9.58 Å². The molecule has 0 radical (unpaired) electrons. The minimum Gasteiger partial charge on any atom is -0.346 e. The zero-order valence-corrected chi connectivity index (χ0v) is 19.2. The number of rotatable bonds is 6. The molecule has 0 unspecified atom stereocenters. The van der Waals surface area contributed by atoms with E-state index in [4.69, 9.17) is 0 Å². The number of nitrogens with zero attached hydrogens (tertiary/aromatic N) is 7. The second kappa shape index (κ2) is 8.40. The van der Waals surface area contributed by atoms with Crippen molar-refractivity contribution in [1.82, 2.24) is 39.8 Å². The van der Waals surface area contributed by atoms with E-state index < -0.39 is 0 Å². The third-order valence-electron chi connectivity index (χ3n) is 7.69. The number of aromatic amines is 1. The summed E-state index contributed by atoms with van der Waals surface area (Å²) in [5.41, 5.74) is 2.28. The Morgan fingerprint density at radius 3 is 2.82 bits per heavy atom. The van der Waals surface area contributed by atoms with Crippen molar-refractivity contribution in [1.29, 1.82) is 5.26 Å². The molecule has 2 amide bonds. The minimum atomic E-state index is -0.291. The fourth-order valence-electron chi connectivity index (χ4n) is 5.40. The predicted molar refractivity (Wildman–Crippen MR) is 126 cm³/mol. The third kappa shape index (κ3) is 3.80. The highest BCUT2D eigenvalue weighted by molar-refractivity contribution is 5.90. The van der Waals surface area contributed by atoms with E-state index in [1.807, 2.05) is 34.2 Å². The summed E-state index contributed by atoms with van der Waals surface area (Å²) in [4.78, 5) is 28.7. The van der Waals surface area contributed by atoms with Crippen molar-refractivity contribution in [2.75, 3.05) is 32.7 Å². The quantitative estimate of drug-likeness (QED) is 0.584. The maximum absolute atomic E-state index is 12.4. The van der Waals surface area contributed by atoms with E-state index in [2.05, 4.69) is 36.3 Å². The summed E-state index contributed by atoms with van der Waals surface area (Å²) in [6.07, 6.45) is 12.0. The van der Waals surface area contributed by atoms with Gasteiger partial charge < -0.3 is 15.2 Å². The number of aromatic nitrogens is 5. The lowest BCUT2D eigenvalue weighted by Gasteiger charge is -2.52. The molecule has 3 aliphatic rings. The average molecular weight is 460 g/mol. The first-order valence-corrected chi connectivity index (χ1v) is 12.1. The molecule has 0 bridgehead atoms. The first-order valence-electron chi connectivity index (χ1n) is 12.1. The van der Waals surface area contributed by atoms with Gasteiger partial charge in [0, 0.05) is 62.1 Å². The van der Waals surface area contributed by atoms with Crippen LogP contribution in [0.25, 0.3) is 22.3 Å². The fraction of sp³-hybridized carbons (Fsp3) is 0.542. The lowest BCUT2D eigenvalue weighted by Crippen LogP contribution is -2.61. The number of carbonyl (C=O) groups is 1. The Hall–Kier alpha value is -3.45. The van der Waals surface area contributed by atoms with E-state index in [1.54, 1.807) is 6.33 Å². The Bertz CT molecular complexity index is 1220. The van der Waals surface area contributed by atoms with Crippen molar-refractivity contribution in [3.05, 3.63) is 31.0 Å². The summed E-state index contributed by atoms with van der Waals surface area (Å²) in [7, 11) is 0. The topological polar surface area (TPSA) is 119 Å². The Balaban J connectivity index is 1.10. The van der Waals surface area contributed by atoms with Gasteiger partial charge in [0.2, 0.25) is 0 Å². The molecule has 3 aromatic heterocycles. The molecule has 2 N–H and O–H groups in total. The number of amides is 2. The van der Waals surface area contributed by atoms with E-state index in [0.717, 1.165) is 67.9 Å². The maximum Gasteiger partial charge on any atom is 0.317 e. The summed E-state index contributed by atoms with van der Waals surface area (Å²) < 4.78 is 1.98. The van der Waals surface area contributed by atoms with Gasteiger partial charge in [-0.1, -0.05) is 0 Å². The number of hydrogen-bond donors (Lipinski definition) is 2. The van der Waals surface area contributed by atoms with Gasteiger partial charge >= 0.3 is 6.03 Å². The number of hydrogen-bond acceptors (Lipinski definition) is 6. The van der Waals surface area contributed by atoms with E-state index in [9.17, 15) is 10.1 Å². The molecular weight excluding hydrogens is 430 g/mol. The van der Waals surface area contributed by atoms with Gasteiger partial charge in [0.25, 0.3) is 0 Å². The highest BCUT2D eigenvalue weighted by Gasteiger charge is 2.49. The van der Waals surface area contributed by atoms with E-state index in [1.165, 1.54) is 12.8 Å². The lowest BCUT2D eigenvalue weighted by molar-refractivity contribution is -0.0129. The van der Waals surface area contributed by atoms with Gasteiger partial charge in [-0.2, -0.15) is 10.4 Å². The van der Waals surface area contributed by atoms with Crippen LogP contribution in [-0.4, -0.2) is 79.3 Å². The standard InChI is InChI=1S/C24H29N9O/c25-5-4-24(33-15-18(14-30-33)21-20-3-6-26-22(20)29-16-28-21)11-19(12-24)31-7-9-32(10-8-31)23(34)27-13-17-1-2-17/h3,6,14-17,19H,1-2,4,7-13H2,(H,27,34)(H,26,28,29)/t19-,24-. The molecule has 2 saturated carbocycles. The van der Waals surface area contributed by atoms with E-state index in [0.29, 0.717) is 18.4 Å². The second-order valence-corrected chi connectivity index (χ2v) is 9.91. The van der Waals surface area contributed by atoms with Gasteiger partial charge in [-0.05, 0) is 37.7 Å². The molecule has 34 heavy (non-hydrogen) atoms. The summed E-state index contributed by atoms with van der Waals surface area (Å²) in [6, 6.07) is 4.84. The van der Waals surface area contributed by atoms with E-state index in [-0.39, 0.29) is 11.6 Å². The SMILES string of the molecule is N#CC[C@]1(n2cc(-c3ncnc4[nH]ccc34)cn2)C[C@H](N2CCN(C(=O)NCC3CC3)CC2)C1. The molecule has 3 fully saturated rings. The van der Waals surface area contributed by atoms with Crippen molar-refractivity contribution in [3.8, 4) is 17.3 Å². The monoisotopic (exact) mass is 459 g/mol. The van der Waals surface area contributed by atoms with Gasteiger partial charge in [-0.15, -0.1) is 0 Å². The second-order valence-electron chi connectivity index (χ2n) is 9.91. The third-order valence-corrected chi connectivity index (χ3v) is 7.69. The smallest absolute Gasteiger partial charge is 0.317 e. The lowest BCUT2D eigenvalue weighted by atomic mass is 9.70. The maximum atomic E-state index is 12.4. The average Bonchev–Trinajstić information content (AvgIpc) is 3.31. The number of piperazine rings is 1. The van der Waals surface area contributed by atoms with Gasteiger partial charge in [0.1, 0.15) is 12.0 Å². The van der Waals surface area contributed by atoms with Crippen LogP contribution in [0.2, 0.25) is 0 Å². The Kier molecular flexibility index (Phi) is 5.21. The van der Waals surface area contributed by atoms with E-state index >= 15 is 0 Å². The molecule has 176 valence electrons. The molecule has 4 heterocycles. The number of fused-ring (bicyclic) bond motifs is 1. The Morgan fingerprint density at radius 2 is 2.06 bits per heavy atom. The van der Waals surface area contributed by atoms with Crippen LogP contribution < -0.4 is 5.32 Å². The van der Waals surface area contributed by atoms with Crippen LogP contribution in [0.3, 0.4) is 0 Å². The van der Waals surface area contributed by atoms with Crippen LogP contribution in [0.15, 0.2) is 31.0 Å². The molecule has 1 saturated heterocycles. The molecular formula is C24H29N9O. The predicted octanol–water partition coefficient (Wildman–Crippen LogP) is 2.33. The van der Waals surface area contributed by atoms with Crippen molar-refractivity contribution in [2.24, 2.45) is 5.92 Å². The normalized spacial score (nSPS) is 25.1. The van der Waals surface area contributed by atoms with Crippen LogP contribution in [0.5, 0.6) is 0 Å². The molecule has 0 atom stereocenters.